The number of amides is 3. The molecule has 9 nitrogen and oxygen atoms in total. The maximum Gasteiger partial charge on any atom is 0.315 e. The number of carbonyl (C=O) groups is 2. The van der Waals surface area contributed by atoms with E-state index in [1.807, 2.05) is 26.2 Å². The number of para-hydroxylation sites is 2. The highest BCUT2D eigenvalue weighted by atomic mass is 16.2. The van der Waals surface area contributed by atoms with Crippen LogP contribution in [0.25, 0.3) is 0 Å². The molecule has 0 bridgehead atoms. The van der Waals surface area contributed by atoms with Gasteiger partial charge in [0, 0.05) is 19.3 Å². The standard InChI is InChI=1S/C25H37N7O2/c1-31(2)16-12-21(30-25(34)27-13-17-32-14-6-3-7-15-32)19-10-11-23(28-18-19)24(33)29-22-9-5-4-8-20(22)26/h4-5,8-11,18,21H,3,6-7,12-17,26H2,1-2H3,(H,29,33)(H2,27,30,34). The zero-order chi connectivity index (χ0) is 24.3. The van der Waals surface area contributed by atoms with Gasteiger partial charge in [0.1, 0.15) is 5.69 Å². The van der Waals surface area contributed by atoms with Gasteiger partial charge in [0.15, 0.2) is 0 Å². The number of likely N-dealkylation sites (tertiary alicyclic amines) is 1. The van der Waals surface area contributed by atoms with Gasteiger partial charge in [-0.3, -0.25) is 9.78 Å². The molecule has 3 amide bonds. The van der Waals surface area contributed by atoms with Gasteiger partial charge < -0.3 is 31.5 Å². The van der Waals surface area contributed by atoms with E-state index in [0.717, 1.165) is 38.2 Å². The molecular formula is C25H37N7O2. The topological polar surface area (TPSA) is 116 Å². The normalized spacial score (nSPS) is 15.0. The van der Waals surface area contributed by atoms with Crippen molar-refractivity contribution in [2.45, 2.75) is 31.7 Å². The van der Waals surface area contributed by atoms with Crippen LogP contribution in [0.1, 0.15) is 47.8 Å². The first-order valence-corrected chi connectivity index (χ1v) is 12.0. The zero-order valence-electron chi connectivity index (χ0n) is 20.2. The zero-order valence-corrected chi connectivity index (χ0v) is 20.2. The Balaban J connectivity index is 1.57. The number of nitrogens with two attached hydrogens (primary N) is 1. The number of piperidine rings is 1. The van der Waals surface area contributed by atoms with Crippen molar-refractivity contribution in [1.29, 1.82) is 0 Å². The number of nitrogens with one attached hydrogen (secondary N) is 3. The smallest absolute Gasteiger partial charge is 0.315 e. The fraction of sp³-hybridized carbons (Fsp3) is 0.480. The van der Waals surface area contributed by atoms with Crippen molar-refractivity contribution in [2.75, 3.05) is 57.9 Å². The summed E-state index contributed by atoms with van der Waals surface area (Å²) in [7, 11) is 3.99. The molecule has 0 aliphatic carbocycles. The van der Waals surface area contributed by atoms with E-state index in [4.69, 9.17) is 5.73 Å². The molecule has 1 atom stereocenters. The number of nitrogen functional groups attached to an aromatic ring is 1. The van der Waals surface area contributed by atoms with Crippen molar-refractivity contribution < 1.29 is 9.59 Å². The Morgan fingerprint density at radius 1 is 1.12 bits per heavy atom. The second kappa shape index (κ2) is 12.9. The van der Waals surface area contributed by atoms with Crippen molar-refractivity contribution in [3.63, 3.8) is 0 Å². The Labute approximate surface area is 202 Å². The first-order valence-electron chi connectivity index (χ1n) is 12.0. The summed E-state index contributed by atoms with van der Waals surface area (Å²) in [6.07, 6.45) is 6.14. The maximum absolute atomic E-state index is 12.6. The Kier molecular flexibility index (Phi) is 9.66. The average molecular weight is 468 g/mol. The quantitative estimate of drug-likeness (QED) is 0.399. The molecule has 0 saturated carbocycles. The fourth-order valence-electron chi connectivity index (χ4n) is 3.97. The summed E-state index contributed by atoms with van der Waals surface area (Å²) in [5.74, 6) is -0.335. The second-order valence-electron chi connectivity index (χ2n) is 8.97. The van der Waals surface area contributed by atoms with Gasteiger partial charge in [-0.05, 0) is 76.8 Å². The lowest BCUT2D eigenvalue weighted by Gasteiger charge is -2.26. The molecule has 0 radical (unpaired) electrons. The number of hydrogen-bond donors (Lipinski definition) is 4. The summed E-state index contributed by atoms with van der Waals surface area (Å²) in [4.78, 5) is 33.9. The number of urea groups is 1. The van der Waals surface area contributed by atoms with Gasteiger partial charge in [-0.25, -0.2) is 4.79 Å². The van der Waals surface area contributed by atoms with E-state index >= 15 is 0 Å². The molecule has 34 heavy (non-hydrogen) atoms. The molecule has 9 heteroatoms. The minimum absolute atomic E-state index is 0.192. The highest BCUT2D eigenvalue weighted by Gasteiger charge is 2.17. The number of rotatable bonds is 10. The van der Waals surface area contributed by atoms with E-state index in [-0.39, 0.29) is 23.7 Å². The summed E-state index contributed by atoms with van der Waals surface area (Å²) < 4.78 is 0. The molecule has 1 unspecified atom stereocenters. The summed E-state index contributed by atoms with van der Waals surface area (Å²) in [5, 5.41) is 8.83. The monoisotopic (exact) mass is 467 g/mol. The van der Waals surface area contributed by atoms with Crippen LogP contribution in [-0.4, -0.2) is 73.5 Å². The summed E-state index contributed by atoms with van der Waals surface area (Å²) in [6, 6.07) is 10.2. The van der Waals surface area contributed by atoms with Gasteiger partial charge in [-0.1, -0.05) is 24.6 Å². The first-order chi connectivity index (χ1) is 16.4. The van der Waals surface area contributed by atoms with Crippen LogP contribution in [0.15, 0.2) is 42.6 Å². The SMILES string of the molecule is CN(C)CCC(NC(=O)NCCN1CCCCC1)c1ccc(C(=O)Nc2ccccc2N)nc1. The molecule has 1 aromatic carbocycles. The molecule has 3 rings (SSSR count). The number of benzene rings is 1. The van der Waals surface area contributed by atoms with E-state index in [1.54, 1.807) is 30.5 Å². The Morgan fingerprint density at radius 3 is 2.56 bits per heavy atom. The van der Waals surface area contributed by atoms with Crippen LogP contribution in [-0.2, 0) is 0 Å². The molecule has 2 aromatic rings. The number of nitrogens with zero attached hydrogens (tertiary/aromatic N) is 3. The molecule has 1 aliphatic heterocycles. The summed E-state index contributed by atoms with van der Waals surface area (Å²) in [5.41, 5.74) is 8.08. The lowest BCUT2D eigenvalue weighted by molar-refractivity contribution is 0.102. The first kappa shape index (κ1) is 25.5. The molecule has 1 aromatic heterocycles. The second-order valence-corrected chi connectivity index (χ2v) is 8.97. The molecular weight excluding hydrogens is 430 g/mol. The third kappa shape index (κ3) is 8.00. The number of anilines is 2. The van der Waals surface area contributed by atoms with Crippen molar-refractivity contribution in [3.05, 3.63) is 53.9 Å². The Hall–Kier alpha value is -3.17. The maximum atomic E-state index is 12.6. The highest BCUT2D eigenvalue weighted by molar-refractivity contribution is 6.04. The third-order valence-electron chi connectivity index (χ3n) is 5.96. The van der Waals surface area contributed by atoms with Crippen LogP contribution in [0.5, 0.6) is 0 Å². The van der Waals surface area contributed by atoms with Crippen molar-refractivity contribution in [3.8, 4) is 0 Å². The van der Waals surface area contributed by atoms with Crippen LogP contribution in [0.2, 0.25) is 0 Å². The van der Waals surface area contributed by atoms with Crippen LogP contribution in [0.3, 0.4) is 0 Å². The summed E-state index contributed by atoms with van der Waals surface area (Å²) >= 11 is 0. The predicted octanol–water partition coefficient (Wildman–Crippen LogP) is 2.69. The van der Waals surface area contributed by atoms with Gasteiger partial charge in [0.2, 0.25) is 0 Å². The van der Waals surface area contributed by atoms with E-state index in [9.17, 15) is 9.59 Å². The van der Waals surface area contributed by atoms with Gasteiger partial charge >= 0.3 is 6.03 Å². The molecule has 1 fully saturated rings. The van der Waals surface area contributed by atoms with Crippen LogP contribution >= 0.6 is 0 Å². The minimum atomic E-state index is -0.335. The lowest BCUT2D eigenvalue weighted by Crippen LogP contribution is -2.43. The van der Waals surface area contributed by atoms with E-state index in [2.05, 4.69) is 30.7 Å². The van der Waals surface area contributed by atoms with E-state index in [1.165, 1.54) is 19.3 Å². The number of aromatic nitrogens is 1. The number of hydrogen-bond acceptors (Lipinski definition) is 6. The molecule has 1 saturated heterocycles. The van der Waals surface area contributed by atoms with Gasteiger partial charge in [-0.15, -0.1) is 0 Å². The Morgan fingerprint density at radius 2 is 1.88 bits per heavy atom. The molecule has 5 N–H and O–H groups in total. The van der Waals surface area contributed by atoms with Crippen molar-refractivity contribution >= 4 is 23.3 Å². The average Bonchev–Trinajstić information content (AvgIpc) is 2.84. The minimum Gasteiger partial charge on any atom is -0.397 e. The predicted molar refractivity (Wildman–Crippen MR) is 136 cm³/mol. The fourth-order valence-corrected chi connectivity index (χ4v) is 3.97. The van der Waals surface area contributed by atoms with Crippen LogP contribution in [0.4, 0.5) is 16.2 Å². The molecule has 2 heterocycles. The number of pyridine rings is 1. The molecule has 1 aliphatic rings. The lowest BCUT2D eigenvalue weighted by atomic mass is 10.1. The van der Waals surface area contributed by atoms with Crippen molar-refractivity contribution in [2.24, 2.45) is 0 Å². The number of carbonyl (C=O) groups excluding carboxylic acids is 2. The molecule has 184 valence electrons. The van der Waals surface area contributed by atoms with Crippen LogP contribution < -0.4 is 21.7 Å². The molecule has 0 spiro atoms. The van der Waals surface area contributed by atoms with E-state index in [0.29, 0.717) is 17.9 Å². The van der Waals surface area contributed by atoms with E-state index < -0.39 is 0 Å². The van der Waals surface area contributed by atoms with Gasteiger partial charge in [0.25, 0.3) is 5.91 Å². The third-order valence-corrected chi connectivity index (χ3v) is 5.96. The van der Waals surface area contributed by atoms with Crippen LogP contribution in [0, 0.1) is 0 Å². The largest absolute Gasteiger partial charge is 0.397 e. The summed E-state index contributed by atoms with van der Waals surface area (Å²) in [6.45, 7) is 4.50. The van der Waals surface area contributed by atoms with Gasteiger partial charge in [-0.2, -0.15) is 0 Å². The highest BCUT2D eigenvalue weighted by Crippen LogP contribution is 2.19. The van der Waals surface area contributed by atoms with Gasteiger partial charge in [0.05, 0.1) is 17.4 Å². The van der Waals surface area contributed by atoms with Crippen molar-refractivity contribution in [1.82, 2.24) is 25.4 Å². The Bertz CT molecular complexity index is 927.